The summed E-state index contributed by atoms with van der Waals surface area (Å²) in [5.41, 5.74) is 3.46. The quantitative estimate of drug-likeness (QED) is 0.846. The molecule has 0 saturated carbocycles. The van der Waals surface area contributed by atoms with Crippen LogP contribution in [0.3, 0.4) is 0 Å². The van der Waals surface area contributed by atoms with Crippen molar-refractivity contribution in [3.8, 4) is 0 Å². The SMILES string of the molecule is CNC(C(C)C)C1CCC(C)(C)c2ccccc21. The standard InChI is InChI=1S/C17H27N/c1-12(2)16(18-5)14-10-11-17(3,4)15-9-7-6-8-13(14)15/h6-9,12,14,16,18H,10-11H2,1-5H3. The first kappa shape index (κ1) is 13.6. The van der Waals surface area contributed by atoms with Crippen molar-refractivity contribution in [3.05, 3.63) is 35.4 Å². The second kappa shape index (κ2) is 5.05. The van der Waals surface area contributed by atoms with E-state index in [1.807, 2.05) is 0 Å². The molecule has 0 aliphatic heterocycles. The maximum atomic E-state index is 3.54. The number of hydrogen-bond acceptors (Lipinski definition) is 1. The third-order valence-corrected chi connectivity index (χ3v) is 4.65. The zero-order valence-corrected chi connectivity index (χ0v) is 12.5. The summed E-state index contributed by atoms with van der Waals surface area (Å²) in [6.45, 7) is 9.41. The Morgan fingerprint density at radius 2 is 1.89 bits per heavy atom. The topological polar surface area (TPSA) is 12.0 Å². The molecule has 0 fully saturated rings. The molecule has 18 heavy (non-hydrogen) atoms. The average molecular weight is 245 g/mol. The fourth-order valence-corrected chi connectivity index (χ4v) is 3.62. The third-order valence-electron chi connectivity index (χ3n) is 4.65. The van der Waals surface area contributed by atoms with Crippen LogP contribution < -0.4 is 5.32 Å². The van der Waals surface area contributed by atoms with E-state index in [0.717, 1.165) is 0 Å². The lowest BCUT2D eigenvalue weighted by molar-refractivity contribution is 0.297. The van der Waals surface area contributed by atoms with E-state index in [0.29, 0.717) is 23.3 Å². The van der Waals surface area contributed by atoms with Crippen LogP contribution in [0.4, 0.5) is 0 Å². The van der Waals surface area contributed by atoms with E-state index in [2.05, 4.69) is 64.3 Å². The van der Waals surface area contributed by atoms with Gasteiger partial charge in [0, 0.05) is 6.04 Å². The molecule has 2 rings (SSSR count). The Morgan fingerprint density at radius 1 is 1.22 bits per heavy atom. The van der Waals surface area contributed by atoms with Gasteiger partial charge >= 0.3 is 0 Å². The van der Waals surface area contributed by atoms with Gasteiger partial charge in [0.15, 0.2) is 0 Å². The van der Waals surface area contributed by atoms with Crippen LogP contribution in [-0.2, 0) is 5.41 Å². The second-order valence-electron chi connectivity index (χ2n) is 6.67. The molecular formula is C17H27N. The molecule has 1 aliphatic rings. The molecule has 100 valence electrons. The van der Waals surface area contributed by atoms with Crippen molar-refractivity contribution in [3.63, 3.8) is 0 Å². The van der Waals surface area contributed by atoms with E-state index < -0.39 is 0 Å². The molecule has 0 heterocycles. The smallest absolute Gasteiger partial charge is 0.0156 e. The number of benzene rings is 1. The highest BCUT2D eigenvalue weighted by Gasteiger charge is 2.36. The highest BCUT2D eigenvalue weighted by atomic mass is 14.9. The maximum absolute atomic E-state index is 3.54. The monoisotopic (exact) mass is 245 g/mol. The van der Waals surface area contributed by atoms with Crippen LogP contribution in [0, 0.1) is 5.92 Å². The van der Waals surface area contributed by atoms with Crippen molar-refractivity contribution in [2.45, 2.75) is 57.9 Å². The Kier molecular flexibility index (Phi) is 3.82. The van der Waals surface area contributed by atoms with Gasteiger partial charge < -0.3 is 5.32 Å². The van der Waals surface area contributed by atoms with Gasteiger partial charge in [-0.05, 0) is 48.3 Å². The van der Waals surface area contributed by atoms with Gasteiger partial charge in [-0.15, -0.1) is 0 Å². The molecule has 0 aromatic heterocycles. The zero-order valence-electron chi connectivity index (χ0n) is 12.5. The first-order chi connectivity index (χ1) is 8.47. The van der Waals surface area contributed by atoms with Crippen LogP contribution in [-0.4, -0.2) is 13.1 Å². The van der Waals surface area contributed by atoms with Crippen LogP contribution in [0.1, 0.15) is 57.6 Å². The van der Waals surface area contributed by atoms with Gasteiger partial charge in [0.25, 0.3) is 0 Å². The predicted molar refractivity (Wildman–Crippen MR) is 79.1 cm³/mol. The maximum Gasteiger partial charge on any atom is 0.0156 e. The molecule has 1 aliphatic carbocycles. The second-order valence-corrected chi connectivity index (χ2v) is 6.67. The molecule has 2 atom stereocenters. The minimum atomic E-state index is 0.336. The summed E-state index contributed by atoms with van der Waals surface area (Å²) in [5, 5.41) is 3.54. The summed E-state index contributed by atoms with van der Waals surface area (Å²) in [6, 6.07) is 9.64. The van der Waals surface area contributed by atoms with Crippen molar-refractivity contribution in [2.24, 2.45) is 5.92 Å². The molecule has 1 N–H and O–H groups in total. The zero-order chi connectivity index (χ0) is 13.3. The number of fused-ring (bicyclic) bond motifs is 1. The fraction of sp³-hybridized carbons (Fsp3) is 0.647. The molecule has 0 bridgehead atoms. The van der Waals surface area contributed by atoms with Gasteiger partial charge in [0.2, 0.25) is 0 Å². The van der Waals surface area contributed by atoms with Crippen LogP contribution in [0.2, 0.25) is 0 Å². The third kappa shape index (κ3) is 2.33. The van der Waals surface area contributed by atoms with E-state index in [1.165, 1.54) is 12.8 Å². The molecule has 0 radical (unpaired) electrons. The van der Waals surface area contributed by atoms with Crippen molar-refractivity contribution in [1.82, 2.24) is 5.32 Å². The van der Waals surface area contributed by atoms with Crippen LogP contribution in [0.5, 0.6) is 0 Å². The molecule has 0 spiro atoms. The normalized spacial score (nSPS) is 23.8. The summed E-state index contributed by atoms with van der Waals surface area (Å²) < 4.78 is 0. The van der Waals surface area contributed by atoms with Gasteiger partial charge in [0.05, 0.1) is 0 Å². The molecule has 1 nitrogen and oxygen atoms in total. The van der Waals surface area contributed by atoms with Gasteiger partial charge in [0.1, 0.15) is 0 Å². The molecule has 0 amide bonds. The van der Waals surface area contributed by atoms with Crippen molar-refractivity contribution < 1.29 is 0 Å². The molecule has 1 aromatic rings. The lowest BCUT2D eigenvalue weighted by Gasteiger charge is -2.41. The molecule has 1 heteroatoms. The average Bonchev–Trinajstić information content (AvgIpc) is 2.33. The van der Waals surface area contributed by atoms with Crippen LogP contribution >= 0.6 is 0 Å². The lowest BCUT2D eigenvalue weighted by atomic mass is 9.66. The van der Waals surface area contributed by atoms with Crippen LogP contribution in [0.25, 0.3) is 0 Å². The summed E-state index contributed by atoms with van der Waals surface area (Å²) in [6.07, 6.45) is 2.59. The molecule has 2 unspecified atom stereocenters. The Labute approximate surface area is 112 Å². The Hall–Kier alpha value is -0.820. The highest BCUT2D eigenvalue weighted by molar-refractivity contribution is 5.39. The first-order valence-electron chi connectivity index (χ1n) is 7.24. The van der Waals surface area contributed by atoms with E-state index >= 15 is 0 Å². The number of hydrogen-bond donors (Lipinski definition) is 1. The number of rotatable bonds is 3. The summed E-state index contributed by atoms with van der Waals surface area (Å²) in [5.74, 6) is 1.34. The summed E-state index contributed by atoms with van der Waals surface area (Å²) >= 11 is 0. The van der Waals surface area contributed by atoms with Crippen molar-refractivity contribution in [1.29, 1.82) is 0 Å². The fourth-order valence-electron chi connectivity index (χ4n) is 3.62. The minimum absolute atomic E-state index is 0.336. The predicted octanol–water partition coefficient (Wildman–Crippen LogP) is 4.09. The number of nitrogens with one attached hydrogen (secondary N) is 1. The van der Waals surface area contributed by atoms with E-state index in [4.69, 9.17) is 0 Å². The van der Waals surface area contributed by atoms with Crippen LogP contribution in [0.15, 0.2) is 24.3 Å². The van der Waals surface area contributed by atoms with Gasteiger partial charge in [-0.1, -0.05) is 52.0 Å². The van der Waals surface area contributed by atoms with Gasteiger partial charge in [-0.3, -0.25) is 0 Å². The largest absolute Gasteiger partial charge is 0.316 e. The highest BCUT2D eigenvalue weighted by Crippen LogP contribution is 2.44. The molecule has 1 aromatic carbocycles. The first-order valence-corrected chi connectivity index (χ1v) is 7.24. The van der Waals surface area contributed by atoms with Crippen molar-refractivity contribution in [2.75, 3.05) is 7.05 Å². The minimum Gasteiger partial charge on any atom is -0.316 e. The summed E-state index contributed by atoms with van der Waals surface area (Å²) in [4.78, 5) is 0. The lowest BCUT2D eigenvalue weighted by Crippen LogP contribution is -2.40. The Balaban J connectivity index is 2.42. The van der Waals surface area contributed by atoms with Crippen molar-refractivity contribution >= 4 is 0 Å². The van der Waals surface area contributed by atoms with Gasteiger partial charge in [-0.2, -0.15) is 0 Å². The molecule has 0 saturated heterocycles. The number of likely N-dealkylation sites (N-methyl/N-ethyl adjacent to an activating group) is 1. The van der Waals surface area contributed by atoms with Gasteiger partial charge in [-0.25, -0.2) is 0 Å². The van der Waals surface area contributed by atoms with E-state index in [-0.39, 0.29) is 0 Å². The Bertz CT molecular complexity index is 406. The molecular weight excluding hydrogens is 218 g/mol. The van der Waals surface area contributed by atoms with E-state index in [9.17, 15) is 0 Å². The Morgan fingerprint density at radius 3 is 2.50 bits per heavy atom. The van der Waals surface area contributed by atoms with E-state index in [1.54, 1.807) is 11.1 Å². The summed E-state index contributed by atoms with van der Waals surface area (Å²) in [7, 11) is 2.10.